The molecule has 1 aromatic rings. The molecule has 2 heterocycles. The highest BCUT2D eigenvalue weighted by Crippen LogP contribution is 2.08. The number of rotatable bonds is 1. The van der Waals surface area contributed by atoms with Crippen molar-refractivity contribution in [1.82, 2.24) is 15.2 Å². The molecule has 0 aliphatic carbocycles. The van der Waals surface area contributed by atoms with Crippen molar-refractivity contribution in [3.8, 4) is 11.8 Å². The average Bonchev–Trinajstić information content (AvgIpc) is 2.69. The van der Waals surface area contributed by atoms with Crippen molar-refractivity contribution in [2.45, 2.75) is 6.42 Å². The monoisotopic (exact) mass is 272 g/mol. The van der Waals surface area contributed by atoms with Crippen molar-refractivity contribution in [2.75, 3.05) is 26.2 Å². The van der Waals surface area contributed by atoms with E-state index in [0.717, 1.165) is 0 Å². The van der Waals surface area contributed by atoms with E-state index in [0.29, 0.717) is 37.2 Å². The maximum Gasteiger partial charge on any atom is 0.255 e. The summed E-state index contributed by atoms with van der Waals surface area (Å²) in [5.41, 5.74) is 6.45. The van der Waals surface area contributed by atoms with Gasteiger partial charge in [-0.15, -0.1) is 0 Å². The maximum absolute atomic E-state index is 12.4. The largest absolute Gasteiger partial charge is 0.354 e. The Hall–Kier alpha value is -2.39. The van der Waals surface area contributed by atoms with Gasteiger partial charge in [-0.2, -0.15) is 0 Å². The summed E-state index contributed by atoms with van der Waals surface area (Å²) in [5, 5.41) is 2.74. The number of pyridine rings is 1. The molecular formula is C14H16N4O2. The van der Waals surface area contributed by atoms with E-state index in [1.54, 1.807) is 17.2 Å². The van der Waals surface area contributed by atoms with Gasteiger partial charge in [0, 0.05) is 44.0 Å². The van der Waals surface area contributed by atoms with Crippen molar-refractivity contribution >= 4 is 11.8 Å². The maximum atomic E-state index is 12.4. The van der Waals surface area contributed by atoms with E-state index in [2.05, 4.69) is 22.1 Å². The lowest BCUT2D eigenvalue weighted by Crippen LogP contribution is -2.34. The SMILES string of the molecule is NCC#Cc1cncc(C(=O)N2CCNC(=O)CC2)c1. The third-order valence-corrected chi connectivity index (χ3v) is 2.92. The molecule has 2 amide bonds. The molecule has 0 spiro atoms. The predicted molar refractivity (Wildman–Crippen MR) is 73.7 cm³/mol. The molecule has 0 aromatic carbocycles. The van der Waals surface area contributed by atoms with E-state index in [1.165, 1.54) is 6.20 Å². The Kier molecular flexibility index (Phi) is 4.69. The summed E-state index contributed by atoms with van der Waals surface area (Å²) in [7, 11) is 0. The Labute approximate surface area is 117 Å². The molecule has 0 radical (unpaired) electrons. The Bertz CT molecular complexity index is 574. The summed E-state index contributed by atoms with van der Waals surface area (Å²) >= 11 is 0. The number of amides is 2. The summed E-state index contributed by atoms with van der Waals surface area (Å²) in [6.07, 6.45) is 3.43. The van der Waals surface area contributed by atoms with Gasteiger partial charge in [-0.3, -0.25) is 14.6 Å². The van der Waals surface area contributed by atoms with E-state index < -0.39 is 0 Å². The number of carbonyl (C=O) groups excluding carboxylic acids is 2. The first-order chi connectivity index (χ1) is 9.70. The molecular weight excluding hydrogens is 256 g/mol. The van der Waals surface area contributed by atoms with E-state index in [4.69, 9.17) is 5.73 Å². The van der Waals surface area contributed by atoms with Crippen molar-refractivity contribution in [1.29, 1.82) is 0 Å². The van der Waals surface area contributed by atoms with Gasteiger partial charge in [-0.05, 0) is 6.07 Å². The van der Waals surface area contributed by atoms with E-state index >= 15 is 0 Å². The molecule has 0 saturated carbocycles. The van der Waals surface area contributed by atoms with E-state index in [-0.39, 0.29) is 18.4 Å². The van der Waals surface area contributed by atoms with Gasteiger partial charge < -0.3 is 16.0 Å². The van der Waals surface area contributed by atoms with Crippen LogP contribution in [0.25, 0.3) is 0 Å². The molecule has 104 valence electrons. The zero-order valence-electron chi connectivity index (χ0n) is 11.1. The van der Waals surface area contributed by atoms with Crippen molar-refractivity contribution < 1.29 is 9.59 Å². The average molecular weight is 272 g/mol. The molecule has 3 N–H and O–H groups in total. The molecule has 1 aromatic heterocycles. The lowest BCUT2D eigenvalue weighted by atomic mass is 10.2. The van der Waals surface area contributed by atoms with Gasteiger partial charge >= 0.3 is 0 Å². The molecule has 1 aliphatic heterocycles. The fourth-order valence-corrected chi connectivity index (χ4v) is 1.93. The van der Waals surface area contributed by atoms with Gasteiger partial charge in [-0.1, -0.05) is 11.8 Å². The molecule has 6 heteroatoms. The second-order valence-electron chi connectivity index (χ2n) is 4.36. The van der Waals surface area contributed by atoms with E-state index in [1.807, 2.05) is 0 Å². The van der Waals surface area contributed by atoms with Crippen LogP contribution in [-0.4, -0.2) is 47.9 Å². The number of hydrogen-bond donors (Lipinski definition) is 2. The summed E-state index contributed by atoms with van der Waals surface area (Å²) in [6.45, 7) is 1.66. The Balaban J connectivity index is 2.14. The quantitative estimate of drug-likeness (QED) is 0.665. The smallest absolute Gasteiger partial charge is 0.255 e. The van der Waals surface area contributed by atoms with Crippen LogP contribution in [0.5, 0.6) is 0 Å². The number of carbonyl (C=O) groups is 2. The number of nitrogens with one attached hydrogen (secondary N) is 1. The molecule has 1 saturated heterocycles. The lowest BCUT2D eigenvalue weighted by Gasteiger charge is -2.19. The van der Waals surface area contributed by atoms with Crippen LogP contribution in [0.4, 0.5) is 0 Å². The second kappa shape index (κ2) is 6.68. The fourth-order valence-electron chi connectivity index (χ4n) is 1.93. The molecule has 0 bridgehead atoms. The zero-order chi connectivity index (χ0) is 14.4. The van der Waals surface area contributed by atoms with Gasteiger partial charge in [0.2, 0.25) is 5.91 Å². The molecule has 1 fully saturated rings. The van der Waals surface area contributed by atoms with Crippen molar-refractivity contribution in [3.63, 3.8) is 0 Å². The normalized spacial score (nSPS) is 14.8. The Morgan fingerprint density at radius 1 is 1.45 bits per heavy atom. The van der Waals surface area contributed by atoms with Gasteiger partial charge in [0.25, 0.3) is 5.91 Å². The molecule has 20 heavy (non-hydrogen) atoms. The van der Waals surface area contributed by atoms with Crippen molar-refractivity contribution in [3.05, 3.63) is 29.6 Å². The molecule has 2 rings (SSSR count). The molecule has 1 aliphatic rings. The van der Waals surface area contributed by atoms with Crippen LogP contribution in [0.15, 0.2) is 18.5 Å². The summed E-state index contributed by atoms with van der Waals surface area (Å²) in [4.78, 5) is 29.3. The highest BCUT2D eigenvalue weighted by atomic mass is 16.2. The van der Waals surface area contributed by atoms with Crippen LogP contribution in [-0.2, 0) is 4.79 Å². The summed E-state index contributed by atoms with van der Waals surface area (Å²) < 4.78 is 0. The fraction of sp³-hybridized carbons (Fsp3) is 0.357. The predicted octanol–water partition coefficient (Wildman–Crippen LogP) is -0.646. The zero-order valence-corrected chi connectivity index (χ0v) is 11.1. The van der Waals surface area contributed by atoms with Crippen LogP contribution in [0, 0.1) is 11.8 Å². The minimum Gasteiger partial charge on any atom is -0.354 e. The number of nitrogens with two attached hydrogens (primary N) is 1. The highest BCUT2D eigenvalue weighted by molar-refractivity contribution is 5.94. The second-order valence-corrected chi connectivity index (χ2v) is 4.36. The number of hydrogen-bond acceptors (Lipinski definition) is 4. The van der Waals surface area contributed by atoms with Crippen molar-refractivity contribution in [2.24, 2.45) is 5.73 Å². The molecule has 6 nitrogen and oxygen atoms in total. The van der Waals surface area contributed by atoms with Crippen LogP contribution < -0.4 is 11.1 Å². The third kappa shape index (κ3) is 3.56. The topological polar surface area (TPSA) is 88.3 Å². The third-order valence-electron chi connectivity index (χ3n) is 2.92. The number of nitrogens with zero attached hydrogens (tertiary/aromatic N) is 2. The molecule has 0 unspecified atom stereocenters. The standard InChI is InChI=1S/C14H16N4O2/c15-4-1-2-11-8-12(10-16-9-11)14(20)18-6-3-13(19)17-5-7-18/h8-10H,3-7,15H2,(H,17,19). The first-order valence-electron chi connectivity index (χ1n) is 6.40. The minimum atomic E-state index is -0.134. The van der Waals surface area contributed by atoms with Gasteiger partial charge in [0.15, 0.2) is 0 Å². The van der Waals surface area contributed by atoms with E-state index in [9.17, 15) is 9.59 Å². The van der Waals surface area contributed by atoms with Gasteiger partial charge in [0.1, 0.15) is 0 Å². The summed E-state index contributed by atoms with van der Waals surface area (Å²) in [6, 6.07) is 1.69. The van der Waals surface area contributed by atoms with Gasteiger partial charge in [-0.25, -0.2) is 0 Å². The lowest BCUT2D eigenvalue weighted by molar-refractivity contribution is -0.120. The number of aromatic nitrogens is 1. The Morgan fingerprint density at radius 2 is 2.30 bits per heavy atom. The summed E-state index contributed by atoms with van der Waals surface area (Å²) in [5.74, 6) is 5.41. The Morgan fingerprint density at radius 3 is 3.10 bits per heavy atom. The van der Waals surface area contributed by atoms with Gasteiger partial charge in [0.05, 0.1) is 12.1 Å². The minimum absolute atomic E-state index is 0.0269. The van der Waals surface area contributed by atoms with Crippen LogP contribution in [0.3, 0.4) is 0 Å². The highest BCUT2D eigenvalue weighted by Gasteiger charge is 2.19. The first kappa shape index (κ1) is 14.0. The van der Waals surface area contributed by atoms with Crippen LogP contribution >= 0.6 is 0 Å². The van der Waals surface area contributed by atoms with Crippen LogP contribution in [0.2, 0.25) is 0 Å². The molecule has 0 atom stereocenters. The first-order valence-corrected chi connectivity index (χ1v) is 6.40. The van der Waals surface area contributed by atoms with Crippen LogP contribution in [0.1, 0.15) is 22.3 Å².